The van der Waals surface area contributed by atoms with Crippen molar-refractivity contribution >= 4 is 96.1 Å². The van der Waals surface area contributed by atoms with Gasteiger partial charge in [0.25, 0.3) is 6.71 Å². The van der Waals surface area contributed by atoms with Gasteiger partial charge in [0.15, 0.2) is 0 Å². The van der Waals surface area contributed by atoms with E-state index in [9.17, 15) is 0 Å². The fourth-order valence-corrected chi connectivity index (χ4v) is 14.5. The SMILES string of the molecule is Cc1cc(C(C)(C)C)cc(C)c1N(c1ccc2c(c1)N(c1ccc3c(c1)C(C)(C)CCC3(C)C)c1cc(C(C)(C)C)cc3c1B2c1ccc(C(C)(C)C)cc1N3c1ccc(C(C)(C)C)cc1)c1ccc2c3ccccc3n(-c3ccccc3)c2c1. The van der Waals surface area contributed by atoms with Crippen molar-refractivity contribution < 1.29 is 0 Å². The largest absolute Gasteiger partial charge is 0.311 e. The number of nitrogens with zero attached hydrogens (tertiary/aromatic N) is 4. The predicted molar refractivity (Wildman–Crippen MR) is 369 cm³/mol. The summed E-state index contributed by atoms with van der Waals surface area (Å²) in [5.41, 5.74) is 28.9. The minimum Gasteiger partial charge on any atom is -0.311 e. The van der Waals surface area contributed by atoms with Crippen LogP contribution in [0, 0.1) is 13.8 Å². The Morgan fingerprint density at radius 1 is 0.388 bits per heavy atom. The molecule has 10 aromatic rings. The van der Waals surface area contributed by atoms with Crippen molar-refractivity contribution in [2.75, 3.05) is 14.7 Å². The van der Waals surface area contributed by atoms with E-state index in [1.807, 2.05) is 0 Å². The van der Waals surface area contributed by atoms with Crippen molar-refractivity contribution in [1.29, 1.82) is 0 Å². The van der Waals surface area contributed by atoms with Crippen LogP contribution in [0.5, 0.6) is 0 Å². The number of rotatable bonds is 6. The van der Waals surface area contributed by atoms with Gasteiger partial charge in [-0.2, -0.15) is 0 Å². The summed E-state index contributed by atoms with van der Waals surface area (Å²) in [5.74, 6) is 0. The van der Waals surface area contributed by atoms with Crippen LogP contribution in [0.25, 0.3) is 27.5 Å². The van der Waals surface area contributed by atoms with Crippen LogP contribution in [0.2, 0.25) is 0 Å². The second-order valence-electron chi connectivity index (χ2n) is 30.8. The van der Waals surface area contributed by atoms with Crippen LogP contribution >= 0.6 is 0 Å². The Bertz CT molecular complexity index is 4290. The quantitative estimate of drug-likeness (QED) is 0.154. The van der Waals surface area contributed by atoms with Gasteiger partial charge in [0.05, 0.1) is 16.7 Å². The topological polar surface area (TPSA) is 14.7 Å². The van der Waals surface area contributed by atoms with E-state index >= 15 is 0 Å². The molecule has 0 radical (unpaired) electrons. The van der Waals surface area contributed by atoms with Crippen LogP contribution in [-0.2, 0) is 32.5 Å². The van der Waals surface area contributed by atoms with Crippen LogP contribution < -0.4 is 31.1 Å². The van der Waals surface area contributed by atoms with Crippen LogP contribution in [-0.4, -0.2) is 11.3 Å². The zero-order valence-corrected chi connectivity index (χ0v) is 54.0. The second kappa shape index (κ2) is 19.4. The monoisotopic (exact) mass is 1110 g/mol. The van der Waals surface area contributed by atoms with Crippen molar-refractivity contribution in [2.24, 2.45) is 0 Å². The van der Waals surface area contributed by atoms with Crippen molar-refractivity contribution in [2.45, 2.75) is 170 Å². The summed E-state index contributed by atoms with van der Waals surface area (Å²) in [5, 5.41) is 2.49. The molecule has 13 rings (SSSR count). The van der Waals surface area contributed by atoms with Gasteiger partial charge in [0.2, 0.25) is 0 Å². The molecule has 9 aromatic carbocycles. The van der Waals surface area contributed by atoms with E-state index in [2.05, 4.69) is 320 Å². The first-order chi connectivity index (χ1) is 40.0. The minimum absolute atomic E-state index is 0.00218. The third kappa shape index (κ3) is 9.33. The number of anilines is 9. The van der Waals surface area contributed by atoms with Gasteiger partial charge in [0, 0.05) is 62.0 Å². The molecule has 5 heteroatoms. The summed E-state index contributed by atoms with van der Waals surface area (Å²) < 4.78 is 2.46. The Hall–Kier alpha value is -7.76. The van der Waals surface area contributed by atoms with E-state index in [0.717, 1.165) is 29.9 Å². The van der Waals surface area contributed by atoms with Crippen LogP contribution in [0.4, 0.5) is 51.2 Å². The summed E-state index contributed by atoms with van der Waals surface area (Å²) in [6.45, 7) is 42.6. The number of aryl methyl sites for hydroxylation is 2. The second-order valence-corrected chi connectivity index (χ2v) is 30.8. The van der Waals surface area contributed by atoms with Gasteiger partial charge in [-0.15, -0.1) is 0 Å². The lowest BCUT2D eigenvalue weighted by Crippen LogP contribution is -2.61. The number of aromatic nitrogens is 1. The normalized spacial score (nSPS) is 15.4. The molecular formula is C80H87BN4. The number of fused-ring (bicyclic) bond motifs is 8. The third-order valence-corrected chi connectivity index (χ3v) is 19.6. The zero-order valence-electron chi connectivity index (χ0n) is 54.0. The fraction of sp³-hybridized carbons (Fsp3) is 0.325. The van der Waals surface area contributed by atoms with E-state index < -0.39 is 0 Å². The molecule has 0 N–H and O–H groups in total. The van der Waals surface area contributed by atoms with Crippen molar-refractivity contribution in [1.82, 2.24) is 4.57 Å². The molecule has 2 aliphatic heterocycles. The minimum atomic E-state index is -0.169. The highest BCUT2D eigenvalue weighted by Crippen LogP contribution is 2.53. The maximum absolute atomic E-state index is 2.69. The van der Waals surface area contributed by atoms with Crippen molar-refractivity contribution in [3.8, 4) is 5.69 Å². The Kier molecular flexibility index (Phi) is 12.9. The van der Waals surface area contributed by atoms with Crippen LogP contribution in [0.1, 0.15) is 168 Å². The Balaban J connectivity index is 1.13. The lowest BCUT2D eigenvalue weighted by atomic mass is 9.33. The van der Waals surface area contributed by atoms with Gasteiger partial charge in [-0.3, -0.25) is 0 Å². The first-order valence-corrected chi connectivity index (χ1v) is 31.3. The molecule has 0 saturated carbocycles. The molecule has 0 bridgehead atoms. The standard InChI is InChI=1S/C80H87BN4/c1-50-42-54(77(9,10)11)43-51(2)74(50)82(59-33-36-62-61-26-22-23-27-67(61)83(68(62)48-59)56-24-20-19-21-25-56)60-35-39-66-70(49-60)85(58-34-37-63-64(47-58)80(17,18)41-40-79(63,15)16)72-46-55(78(12,13)14)45-71-73(72)81(66)65-38-30-53(76(6,7)8)44-69(65)84(71)57-31-28-52(29-32-57)75(3,4)5/h19-39,42-49H,40-41H2,1-18H3. The van der Waals surface area contributed by atoms with E-state index in [1.54, 1.807) is 0 Å². The molecule has 1 aliphatic carbocycles. The molecule has 85 heavy (non-hydrogen) atoms. The first kappa shape index (κ1) is 56.4. The molecule has 0 unspecified atom stereocenters. The van der Waals surface area contributed by atoms with E-state index in [0.29, 0.717) is 0 Å². The average Bonchev–Trinajstić information content (AvgIpc) is 1.41. The number of benzene rings is 9. The smallest absolute Gasteiger partial charge is 0.252 e. The van der Waals surface area contributed by atoms with Gasteiger partial charge < -0.3 is 19.3 Å². The number of hydrogen-bond acceptors (Lipinski definition) is 3. The van der Waals surface area contributed by atoms with Crippen LogP contribution in [0.15, 0.2) is 176 Å². The average molecular weight is 1120 g/mol. The summed E-state index contributed by atoms with van der Waals surface area (Å²) in [7, 11) is 0. The molecule has 1 aromatic heterocycles. The van der Waals surface area contributed by atoms with Crippen molar-refractivity contribution in [3.63, 3.8) is 0 Å². The Labute approximate surface area is 508 Å². The molecule has 3 heterocycles. The Morgan fingerprint density at radius 2 is 0.871 bits per heavy atom. The van der Waals surface area contributed by atoms with Gasteiger partial charge >= 0.3 is 0 Å². The highest BCUT2D eigenvalue weighted by Gasteiger charge is 2.46. The molecule has 0 atom stereocenters. The predicted octanol–water partition coefficient (Wildman–Crippen LogP) is 20.5. The molecule has 0 saturated heterocycles. The zero-order chi connectivity index (χ0) is 60.2. The number of hydrogen-bond donors (Lipinski definition) is 0. The highest BCUT2D eigenvalue weighted by molar-refractivity contribution is 7.00. The highest BCUT2D eigenvalue weighted by atomic mass is 15.2. The molecular weight excluding hydrogens is 1030 g/mol. The lowest BCUT2D eigenvalue weighted by molar-refractivity contribution is 0.332. The third-order valence-electron chi connectivity index (χ3n) is 19.6. The van der Waals surface area contributed by atoms with Gasteiger partial charge in [-0.25, -0.2) is 0 Å². The van der Waals surface area contributed by atoms with Crippen LogP contribution in [0.3, 0.4) is 0 Å². The lowest BCUT2D eigenvalue weighted by Gasteiger charge is -2.46. The summed E-state index contributed by atoms with van der Waals surface area (Å²) in [6.07, 6.45) is 2.30. The maximum Gasteiger partial charge on any atom is 0.252 e. The van der Waals surface area contributed by atoms with E-state index in [-0.39, 0.29) is 39.2 Å². The molecule has 430 valence electrons. The fourth-order valence-electron chi connectivity index (χ4n) is 14.5. The first-order valence-electron chi connectivity index (χ1n) is 31.3. The number of para-hydroxylation sites is 2. The molecule has 0 fully saturated rings. The molecule has 3 aliphatic rings. The van der Waals surface area contributed by atoms with Gasteiger partial charge in [0.1, 0.15) is 0 Å². The van der Waals surface area contributed by atoms with Gasteiger partial charge in [-0.05, 0) is 205 Å². The molecule has 0 spiro atoms. The summed E-state index contributed by atoms with van der Waals surface area (Å²) >= 11 is 0. The summed E-state index contributed by atoms with van der Waals surface area (Å²) in [6, 6.07) is 68.9. The molecule has 0 amide bonds. The van der Waals surface area contributed by atoms with E-state index in [1.165, 1.54) is 123 Å². The Morgan fingerprint density at radius 3 is 1.49 bits per heavy atom. The molecule has 4 nitrogen and oxygen atoms in total. The maximum atomic E-state index is 2.69. The van der Waals surface area contributed by atoms with E-state index in [4.69, 9.17) is 0 Å². The van der Waals surface area contributed by atoms with Crippen molar-refractivity contribution in [3.05, 3.63) is 220 Å². The van der Waals surface area contributed by atoms with Gasteiger partial charge in [-0.1, -0.05) is 202 Å². The summed E-state index contributed by atoms with van der Waals surface area (Å²) in [4.78, 5) is 7.89.